The van der Waals surface area contributed by atoms with Gasteiger partial charge in [-0.25, -0.2) is 0 Å². The van der Waals surface area contributed by atoms with Crippen molar-refractivity contribution >= 4 is 21.2 Å². The third-order valence-corrected chi connectivity index (χ3v) is 6.84. The van der Waals surface area contributed by atoms with Gasteiger partial charge in [0.25, 0.3) is 0 Å². The number of benzene rings is 1. The van der Waals surface area contributed by atoms with Gasteiger partial charge in [0.05, 0.1) is 0 Å². The number of para-hydroxylation sites is 1. The predicted molar refractivity (Wildman–Crippen MR) is 101 cm³/mol. The van der Waals surface area contributed by atoms with Gasteiger partial charge in [0.1, 0.15) is 5.72 Å². The van der Waals surface area contributed by atoms with Crippen LogP contribution in [0.25, 0.3) is 0 Å². The van der Waals surface area contributed by atoms with Crippen molar-refractivity contribution in [3.05, 3.63) is 29.8 Å². The number of aliphatic hydroxyl groups is 1. The molecule has 0 spiro atoms. The largest absolute Gasteiger partial charge is 0.501 e. The lowest BCUT2D eigenvalue weighted by Gasteiger charge is -2.41. The summed E-state index contributed by atoms with van der Waals surface area (Å²) in [5.41, 5.74) is 1.65. The van der Waals surface area contributed by atoms with Crippen LogP contribution in [0.4, 0.5) is 5.69 Å². The Balaban J connectivity index is 1.98. The quantitative estimate of drug-likeness (QED) is 0.579. The summed E-state index contributed by atoms with van der Waals surface area (Å²) in [7, 11) is 3.82. The third-order valence-electron chi connectivity index (χ3n) is 5.38. The molecular weight excluding hydrogens is 315 g/mol. The Bertz CT molecular complexity index is 550. The molecule has 1 heterocycles. The van der Waals surface area contributed by atoms with Gasteiger partial charge in [0.2, 0.25) is 0 Å². The van der Waals surface area contributed by atoms with Crippen molar-refractivity contribution in [3.63, 3.8) is 0 Å². The monoisotopic (exact) mass is 347 g/mol. The van der Waals surface area contributed by atoms with E-state index in [1.165, 1.54) is 11.3 Å². The highest BCUT2D eigenvalue weighted by Gasteiger charge is 2.36. The van der Waals surface area contributed by atoms with Gasteiger partial charge in [-0.15, -0.1) is 0 Å². The average Bonchev–Trinajstić information content (AvgIpc) is 2.96. The molecule has 1 radical (unpaired) electrons. The van der Waals surface area contributed by atoms with Crippen LogP contribution in [0.1, 0.15) is 46.1 Å². The first kappa shape index (κ1) is 19.8. The van der Waals surface area contributed by atoms with Gasteiger partial charge in [-0.05, 0) is 52.4 Å². The summed E-state index contributed by atoms with van der Waals surface area (Å²) in [6.07, 6.45) is 2.63. The van der Waals surface area contributed by atoms with Crippen molar-refractivity contribution in [1.29, 1.82) is 0 Å². The molecule has 0 aromatic heterocycles. The molecule has 3 unspecified atom stereocenters. The number of rotatable bonds is 8. The molecule has 24 heavy (non-hydrogen) atoms. The SMILES string of the molecule is CCC(C)(CC(C)(O)N(C)C)[O][Al][CH](C)N1CCc2ccccc21. The molecule has 4 nitrogen and oxygen atoms in total. The first-order chi connectivity index (χ1) is 11.2. The van der Waals surface area contributed by atoms with E-state index in [4.69, 9.17) is 3.79 Å². The van der Waals surface area contributed by atoms with Crippen LogP contribution in [-0.2, 0) is 10.2 Å². The van der Waals surface area contributed by atoms with Gasteiger partial charge in [-0.1, -0.05) is 32.0 Å². The van der Waals surface area contributed by atoms with Crippen LogP contribution >= 0.6 is 0 Å². The van der Waals surface area contributed by atoms with Gasteiger partial charge in [-0.3, -0.25) is 4.90 Å². The van der Waals surface area contributed by atoms with E-state index < -0.39 is 5.72 Å². The Hall–Kier alpha value is -0.568. The Morgan fingerprint density at radius 1 is 1.33 bits per heavy atom. The van der Waals surface area contributed by atoms with E-state index in [0.717, 1.165) is 19.4 Å². The number of anilines is 1. The Labute approximate surface area is 153 Å². The van der Waals surface area contributed by atoms with Gasteiger partial charge < -0.3 is 13.8 Å². The molecule has 5 heteroatoms. The predicted octanol–water partition coefficient (Wildman–Crippen LogP) is 2.86. The van der Waals surface area contributed by atoms with Crippen LogP contribution in [0.15, 0.2) is 24.3 Å². The van der Waals surface area contributed by atoms with E-state index in [1.807, 2.05) is 25.9 Å². The third kappa shape index (κ3) is 4.53. The van der Waals surface area contributed by atoms with Crippen molar-refractivity contribution in [2.75, 3.05) is 25.5 Å². The van der Waals surface area contributed by atoms with E-state index in [2.05, 4.69) is 49.9 Å². The molecule has 0 fully saturated rings. The van der Waals surface area contributed by atoms with Crippen molar-refractivity contribution < 1.29 is 8.90 Å². The first-order valence-corrected chi connectivity index (χ1v) is 10.1. The smallest absolute Gasteiger partial charge is 0.449 e. The summed E-state index contributed by atoms with van der Waals surface area (Å²) in [6, 6.07) is 8.68. The number of fused-ring (bicyclic) bond motifs is 1. The molecule has 1 aliphatic rings. The molecule has 133 valence electrons. The average molecular weight is 347 g/mol. The standard InChI is InChI=1S/C10H12N.C9H20NO2.Al/c1-2-11-8-7-9-5-3-4-6-10(9)11;1-6-8(2,11)7-9(3,12)10(4)5;/h2-6H,7-8H2,1H3;12H,6-7H2,1-5H3;/q;-1;+1. The maximum atomic E-state index is 10.6. The lowest BCUT2D eigenvalue weighted by atomic mass is 9.92. The Kier molecular flexibility index (Phi) is 6.39. The van der Waals surface area contributed by atoms with E-state index in [9.17, 15) is 5.11 Å². The summed E-state index contributed by atoms with van der Waals surface area (Å²) in [5.74, 6) is 0. The lowest BCUT2D eigenvalue weighted by molar-refractivity contribution is -0.114. The van der Waals surface area contributed by atoms with Crippen molar-refractivity contribution in [3.8, 4) is 0 Å². The summed E-state index contributed by atoms with van der Waals surface area (Å²) in [4.78, 5) is 4.74. The van der Waals surface area contributed by atoms with E-state index in [0.29, 0.717) is 11.3 Å². The van der Waals surface area contributed by atoms with Crippen LogP contribution in [0.3, 0.4) is 0 Å². The lowest BCUT2D eigenvalue weighted by Crippen LogP contribution is -2.50. The summed E-state index contributed by atoms with van der Waals surface area (Å²) >= 11 is -0.180. The summed E-state index contributed by atoms with van der Waals surface area (Å²) < 4.78 is 6.41. The second kappa shape index (κ2) is 7.76. The van der Waals surface area contributed by atoms with E-state index in [1.54, 1.807) is 0 Å². The second-order valence-corrected chi connectivity index (χ2v) is 9.13. The van der Waals surface area contributed by atoms with Crippen molar-refractivity contribution in [1.82, 2.24) is 4.90 Å². The molecule has 0 saturated carbocycles. The highest BCUT2D eigenvalue weighted by atomic mass is 27.1. The number of hydrogen-bond donors (Lipinski definition) is 1. The fraction of sp³-hybridized carbons (Fsp3) is 0.684. The minimum Gasteiger partial charge on any atom is -0.501 e. The number of hydrogen-bond acceptors (Lipinski definition) is 4. The molecule has 3 atom stereocenters. The molecule has 2 rings (SSSR count). The maximum Gasteiger partial charge on any atom is 0.449 e. The molecule has 0 saturated heterocycles. The van der Waals surface area contributed by atoms with Gasteiger partial charge in [0, 0.05) is 29.2 Å². The van der Waals surface area contributed by atoms with Crippen LogP contribution in [0, 0.1) is 0 Å². The Morgan fingerprint density at radius 2 is 2.00 bits per heavy atom. The minimum atomic E-state index is -0.853. The molecule has 1 N–H and O–H groups in total. The van der Waals surface area contributed by atoms with Gasteiger partial charge in [-0.2, -0.15) is 0 Å². The molecule has 0 bridgehead atoms. The molecule has 1 aliphatic heterocycles. The van der Waals surface area contributed by atoms with Crippen molar-refractivity contribution in [2.24, 2.45) is 0 Å². The van der Waals surface area contributed by atoms with E-state index >= 15 is 0 Å². The molecule has 0 amide bonds. The topological polar surface area (TPSA) is 35.9 Å². The van der Waals surface area contributed by atoms with Crippen LogP contribution in [0.5, 0.6) is 0 Å². The minimum absolute atomic E-state index is 0.180. The van der Waals surface area contributed by atoms with Crippen molar-refractivity contribution in [2.45, 2.75) is 63.2 Å². The highest BCUT2D eigenvalue weighted by Crippen LogP contribution is 2.31. The zero-order valence-corrected chi connectivity index (χ0v) is 17.2. The zero-order valence-electron chi connectivity index (χ0n) is 16.0. The summed E-state index contributed by atoms with van der Waals surface area (Å²) in [5, 5.41) is 10.6. The van der Waals surface area contributed by atoms with Crippen LogP contribution in [0.2, 0.25) is 0 Å². The second-order valence-electron chi connectivity index (χ2n) is 7.66. The maximum absolute atomic E-state index is 10.6. The number of nitrogens with zero attached hydrogens (tertiary/aromatic N) is 2. The van der Waals surface area contributed by atoms with Gasteiger partial charge in [0.15, 0.2) is 0 Å². The Morgan fingerprint density at radius 3 is 2.62 bits per heavy atom. The first-order valence-electron chi connectivity index (χ1n) is 8.94. The molecule has 1 aromatic rings. The normalized spacial score (nSPS) is 20.4. The van der Waals surface area contributed by atoms with Gasteiger partial charge >= 0.3 is 15.6 Å². The van der Waals surface area contributed by atoms with E-state index in [-0.39, 0.29) is 21.2 Å². The van der Waals surface area contributed by atoms with Crippen LogP contribution < -0.4 is 4.90 Å². The molecule has 1 aromatic carbocycles. The highest BCUT2D eigenvalue weighted by molar-refractivity contribution is 6.30. The molecule has 0 aliphatic carbocycles. The fourth-order valence-electron chi connectivity index (χ4n) is 3.24. The fourth-order valence-corrected chi connectivity index (χ4v) is 4.47. The summed E-state index contributed by atoms with van der Waals surface area (Å²) in [6.45, 7) is 9.47. The van der Waals surface area contributed by atoms with Crippen LogP contribution in [-0.4, -0.2) is 62.4 Å². The molecular formula is C19H32AlN2O2. The zero-order chi connectivity index (χ0) is 18.0.